The molecular formula is C25H34N8O4. The number of nitrogens with two attached hydrogens (primary N) is 1. The molecule has 37 heavy (non-hydrogen) atoms. The van der Waals surface area contributed by atoms with Crippen LogP contribution in [-0.4, -0.2) is 75.7 Å². The molecule has 0 bridgehead atoms. The highest BCUT2D eigenvalue weighted by Gasteiger charge is 2.18. The summed E-state index contributed by atoms with van der Waals surface area (Å²) in [6.07, 6.45) is 5.26. The van der Waals surface area contributed by atoms with E-state index in [4.69, 9.17) is 10.5 Å². The molecule has 3 amide bonds. The van der Waals surface area contributed by atoms with E-state index >= 15 is 0 Å². The summed E-state index contributed by atoms with van der Waals surface area (Å²) in [5, 5.41) is 8.57. The van der Waals surface area contributed by atoms with Crippen LogP contribution in [0.4, 0.5) is 17.1 Å². The highest BCUT2D eigenvalue weighted by atomic mass is 16.5. The van der Waals surface area contributed by atoms with Gasteiger partial charge < -0.3 is 40.1 Å². The van der Waals surface area contributed by atoms with Crippen molar-refractivity contribution in [2.45, 2.75) is 6.42 Å². The molecule has 3 aromatic heterocycles. The molecule has 0 saturated carbocycles. The zero-order chi connectivity index (χ0) is 26.5. The Morgan fingerprint density at radius 3 is 2.11 bits per heavy atom. The molecule has 12 nitrogen and oxygen atoms in total. The van der Waals surface area contributed by atoms with Gasteiger partial charge >= 0.3 is 0 Å². The Labute approximate surface area is 215 Å². The van der Waals surface area contributed by atoms with Gasteiger partial charge in [-0.15, -0.1) is 0 Å². The molecule has 3 aromatic rings. The minimum absolute atomic E-state index is 0.158. The highest BCUT2D eigenvalue weighted by molar-refractivity contribution is 6.05. The van der Waals surface area contributed by atoms with Crippen LogP contribution in [0.1, 0.15) is 26.7 Å². The van der Waals surface area contributed by atoms with Gasteiger partial charge in [-0.1, -0.05) is 0 Å². The number of aryl methyl sites for hydroxylation is 3. The molecule has 1 aliphatic rings. The van der Waals surface area contributed by atoms with E-state index in [0.29, 0.717) is 48.2 Å². The first kappa shape index (κ1) is 26.0. The summed E-state index contributed by atoms with van der Waals surface area (Å²) in [7, 11) is 5.30. The lowest BCUT2D eigenvalue weighted by atomic mass is 10.3. The van der Waals surface area contributed by atoms with Crippen molar-refractivity contribution < 1.29 is 19.1 Å². The summed E-state index contributed by atoms with van der Waals surface area (Å²) < 4.78 is 10.4. The third kappa shape index (κ3) is 6.60. The number of rotatable bonds is 9. The largest absolute Gasteiger partial charge is 0.397 e. The lowest BCUT2D eigenvalue weighted by Gasteiger charge is -2.26. The Morgan fingerprint density at radius 2 is 1.49 bits per heavy atom. The molecular weight excluding hydrogens is 476 g/mol. The summed E-state index contributed by atoms with van der Waals surface area (Å²) in [5.41, 5.74) is 8.97. The second-order valence-corrected chi connectivity index (χ2v) is 9.21. The van der Waals surface area contributed by atoms with Gasteiger partial charge in [0.2, 0.25) is 5.91 Å². The Morgan fingerprint density at radius 1 is 0.865 bits per heavy atom. The zero-order valence-corrected chi connectivity index (χ0v) is 21.4. The average molecular weight is 511 g/mol. The van der Waals surface area contributed by atoms with Crippen molar-refractivity contribution >= 4 is 34.8 Å². The SMILES string of the molecule is Cn1cc(N)cc1CC(=O)Nc1cc(C(=O)Nc2cc(C(=O)NCCN3CCOCC3)n(C)c2)n(C)c1. The number of hydrogen-bond acceptors (Lipinski definition) is 6. The fraction of sp³-hybridized carbons (Fsp3) is 0.400. The molecule has 0 unspecified atom stereocenters. The maximum atomic E-state index is 12.9. The van der Waals surface area contributed by atoms with E-state index in [-0.39, 0.29) is 24.1 Å². The number of aromatic nitrogens is 3. The number of nitrogens with one attached hydrogen (secondary N) is 3. The van der Waals surface area contributed by atoms with Crippen LogP contribution in [0, 0.1) is 0 Å². The van der Waals surface area contributed by atoms with Crippen molar-refractivity contribution in [3.05, 3.63) is 53.9 Å². The summed E-state index contributed by atoms with van der Waals surface area (Å²) in [6, 6.07) is 5.00. The molecule has 1 aliphatic heterocycles. The number of nitrogens with zero attached hydrogens (tertiary/aromatic N) is 4. The number of carbonyl (C=O) groups excluding carboxylic acids is 3. The molecule has 12 heteroatoms. The van der Waals surface area contributed by atoms with Crippen LogP contribution in [0.15, 0.2) is 36.8 Å². The van der Waals surface area contributed by atoms with Crippen LogP contribution in [0.3, 0.4) is 0 Å². The monoisotopic (exact) mass is 510 g/mol. The molecule has 5 N–H and O–H groups in total. The number of nitrogen functional groups attached to an aromatic ring is 1. The standard InChI is InChI=1S/C25H34N8O4/c1-30-14-17(26)10-20(30)13-23(34)28-18-11-22(32(3)15-18)25(36)29-19-12-21(31(2)16-19)24(35)27-4-5-33-6-8-37-9-7-33/h10-12,14-16H,4-9,13,26H2,1-3H3,(H,27,35)(H,28,34)(H,29,36). The summed E-state index contributed by atoms with van der Waals surface area (Å²) in [4.78, 5) is 40.3. The number of ether oxygens (including phenoxy) is 1. The molecule has 0 aromatic carbocycles. The fourth-order valence-corrected chi connectivity index (χ4v) is 4.34. The zero-order valence-electron chi connectivity index (χ0n) is 21.4. The molecule has 4 rings (SSSR count). The quantitative estimate of drug-likeness (QED) is 0.335. The van der Waals surface area contributed by atoms with E-state index < -0.39 is 0 Å². The number of anilines is 3. The van der Waals surface area contributed by atoms with E-state index in [1.165, 1.54) is 0 Å². The summed E-state index contributed by atoms with van der Waals surface area (Å²) in [6.45, 7) is 4.45. The molecule has 198 valence electrons. The highest BCUT2D eigenvalue weighted by Crippen LogP contribution is 2.18. The molecule has 0 aliphatic carbocycles. The lowest BCUT2D eigenvalue weighted by Crippen LogP contribution is -2.41. The van der Waals surface area contributed by atoms with Gasteiger partial charge in [0.05, 0.1) is 31.0 Å². The van der Waals surface area contributed by atoms with Crippen LogP contribution in [0.25, 0.3) is 0 Å². The fourth-order valence-electron chi connectivity index (χ4n) is 4.34. The topological polar surface area (TPSA) is 141 Å². The first-order valence-corrected chi connectivity index (χ1v) is 12.1. The second-order valence-electron chi connectivity index (χ2n) is 9.21. The number of carbonyl (C=O) groups is 3. The average Bonchev–Trinajstić information content (AvgIpc) is 3.50. The maximum absolute atomic E-state index is 12.9. The van der Waals surface area contributed by atoms with Crippen molar-refractivity contribution in [3.8, 4) is 0 Å². The predicted octanol–water partition coefficient (Wildman–Crippen LogP) is 0.780. The maximum Gasteiger partial charge on any atom is 0.272 e. The minimum atomic E-state index is -0.358. The Balaban J connectivity index is 1.32. The van der Waals surface area contributed by atoms with Crippen molar-refractivity contribution in [1.29, 1.82) is 0 Å². The van der Waals surface area contributed by atoms with Crippen LogP contribution in [0.2, 0.25) is 0 Å². The molecule has 0 radical (unpaired) electrons. The van der Waals surface area contributed by atoms with E-state index in [0.717, 1.165) is 25.3 Å². The van der Waals surface area contributed by atoms with Crippen molar-refractivity contribution in [3.63, 3.8) is 0 Å². The van der Waals surface area contributed by atoms with Crippen molar-refractivity contribution in [1.82, 2.24) is 23.9 Å². The number of morpholine rings is 1. The van der Waals surface area contributed by atoms with Crippen molar-refractivity contribution in [2.75, 3.05) is 55.8 Å². The van der Waals surface area contributed by atoms with Gasteiger partial charge in [-0.2, -0.15) is 0 Å². The van der Waals surface area contributed by atoms with Crippen LogP contribution >= 0.6 is 0 Å². The summed E-state index contributed by atoms with van der Waals surface area (Å²) in [5.74, 6) is -0.783. The third-order valence-corrected chi connectivity index (χ3v) is 6.30. The van der Waals surface area contributed by atoms with Crippen LogP contribution in [0.5, 0.6) is 0 Å². The number of hydrogen-bond donors (Lipinski definition) is 4. The van der Waals surface area contributed by atoms with E-state index in [9.17, 15) is 14.4 Å². The molecule has 4 heterocycles. The van der Waals surface area contributed by atoms with E-state index in [1.54, 1.807) is 64.6 Å². The minimum Gasteiger partial charge on any atom is -0.397 e. The molecule has 0 atom stereocenters. The van der Waals surface area contributed by atoms with Crippen LogP contribution < -0.4 is 21.7 Å². The Hall–Kier alpha value is -4.03. The number of amides is 3. The van der Waals surface area contributed by atoms with Gasteiger partial charge in [-0.05, 0) is 18.2 Å². The lowest BCUT2D eigenvalue weighted by molar-refractivity contribution is -0.115. The van der Waals surface area contributed by atoms with Gasteiger partial charge in [0.25, 0.3) is 11.8 Å². The third-order valence-electron chi connectivity index (χ3n) is 6.30. The summed E-state index contributed by atoms with van der Waals surface area (Å²) >= 11 is 0. The Bertz CT molecular complexity index is 1280. The van der Waals surface area contributed by atoms with Gasteiger partial charge in [0.1, 0.15) is 11.4 Å². The molecule has 1 saturated heterocycles. The van der Waals surface area contributed by atoms with Crippen molar-refractivity contribution in [2.24, 2.45) is 21.1 Å². The Kier molecular flexibility index (Phi) is 7.99. The van der Waals surface area contributed by atoms with Gasteiger partial charge in [-0.25, -0.2) is 0 Å². The van der Waals surface area contributed by atoms with Crippen LogP contribution in [-0.2, 0) is 37.1 Å². The normalized spacial score (nSPS) is 13.9. The first-order valence-electron chi connectivity index (χ1n) is 12.1. The van der Waals surface area contributed by atoms with Gasteiger partial charge in [0.15, 0.2) is 0 Å². The predicted molar refractivity (Wildman–Crippen MR) is 141 cm³/mol. The van der Waals surface area contributed by atoms with Gasteiger partial charge in [-0.3, -0.25) is 19.3 Å². The molecule has 1 fully saturated rings. The second kappa shape index (κ2) is 11.4. The molecule has 0 spiro atoms. The van der Waals surface area contributed by atoms with E-state index in [1.807, 2.05) is 7.05 Å². The van der Waals surface area contributed by atoms with Gasteiger partial charge in [0, 0.05) is 77.3 Å². The smallest absolute Gasteiger partial charge is 0.272 e. The first-order chi connectivity index (χ1) is 17.7. The van der Waals surface area contributed by atoms with E-state index in [2.05, 4.69) is 20.9 Å².